The van der Waals surface area contributed by atoms with Gasteiger partial charge in [-0.05, 0) is 41.8 Å². The zero-order chi connectivity index (χ0) is 14.7. The number of halogens is 1. The van der Waals surface area contributed by atoms with Crippen LogP contribution in [-0.4, -0.2) is 6.09 Å². The number of carbonyl (C=O) groups is 1. The van der Waals surface area contributed by atoms with Crippen molar-refractivity contribution in [2.45, 2.75) is 6.54 Å². The number of amides is 1. The molecule has 0 fully saturated rings. The molecule has 0 atom stereocenters. The van der Waals surface area contributed by atoms with E-state index in [1.807, 2.05) is 24.3 Å². The molecule has 0 saturated carbocycles. The second kappa shape index (κ2) is 6.28. The second-order valence-corrected chi connectivity index (χ2v) is 6.53. The van der Waals surface area contributed by atoms with Crippen molar-refractivity contribution in [3.63, 3.8) is 0 Å². The summed E-state index contributed by atoms with van der Waals surface area (Å²) < 4.78 is 7.43. The fraction of sp³-hybridized carbons (Fsp3) is 0.0625. The Balaban J connectivity index is 1.62. The summed E-state index contributed by atoms with van der Waals surface area (Å²) in [7, 11) is 0. The molecule has 1 aromatic heterocycles. The zero-order valence-electron chi connectivity index (χ0n) is 11.0. The topological polar surface area (TPSA) is 38.3 Å². The highest BCUT2D eigenvalue weighted by molar-refractivity contribution is 9.10. The van der Waals surface area contributed by atoms with Crippen molar-refractivity contribution >= 4 is 43.4 Å². The van der Waals surface area contributed by atoms with E-state index in [1.165, 1.54) is 10.1 Å². The van der Waals surface area contributed by atoms with Gasteiger partial charge in [0, 0.05) is 14.0 Å². The second-order valence-electron chi connectivity index (χ2n) is 4.45. The number of para-hydroxylation sites is 1. The molecule has 3 aromatic rings. The zero-order valence-corrected chi connectivity index (χ0v) is 13.4. The molecule has 1 N–H and O–H groups in total. The summed E-state index contributed by atoms with van der Waals surface area (Å²) in [5.74, 6) is 0.537. The van der Waals surface area contributed by atoms with Crippen LogP contribution in [0.1, 0.15) is 4.88 Å². The average molecular weight is 362 g/mol. The third-order valence-corrected chi connectivity index (χ3v) is 4.50. The van der Waals surface area contributed by atoms with Crippen LogP contribution in [0.15, 0.2) is 59.1 Å². The summed E-state index contributed by atoms with van der Waals surface area (Å²) in [6.07, 6.45) is -0.445. The van der Waals surface area contributed by atoms with Crippen LogP contribution in [-0.2, 0) is 6.54 Å². The molecule has 3 rings (SSSR count). The first-order valence-corrected chi connectivity index (χ1v) is 8.00. The Morgan fingerprint density at radius 3 is 2.76 bits per heavy atom. The van der Waals surface area contributed by atoms with Crippen LogP contribution in [0.3, 0.4) is 0 Å². The maximum absolute atomic E-state index is 11.7. The van der Waals surface area contributed by atoms with E-state index in [1.54, 1.807) is 23.5 Å². The Morgan fingerprint density at radius 2 is 1.95 bits per heavy atom. The Hall–Kier alpha value is -1.85. The smallest absolute Gasteiger partial charge is 0.410 e. The average Bonchev–Trinajstić information content (AvgIpc) is 2.88. The highest BCUT2D eigenvalue weighted by atomic mass is 79.9. The van der Waals surface area contributed by atoms with Crippen LogP contribution < -0.4 is 10.1 Å². The predicted octanol–water partition coefficient (Wildman–Crippen LogP) is 4.95. The maximum Gasteiger partial charge on any atom is 0.412 e. The third kappa shape index (κ3) is 3.62. The van der Waals surface area contributed by atoms with E-state index in [4.69, 9.17) is 4.74 Å². The van der Waals surface area contributed by atoms with Crippen molar-refractivity contribution in [3.8, 4) is 5.75 Å². The molecular weight excluding hydrogens is 350 g/mol. The first kappa shape index (κ1) is 14.1. The van der Waals surface area contributed by atoms with Gasteiger partial charge in [0.15, 0.2) is 0 Å². The highest BCUT2D eigenvalue weighted by Gasteiger charge is 2.06. The summed E-state index contributed by atoms with van der Waals surface area (Å²) in [5, 5.41) is 3.93. The summed E-state index contributed by atoms with van der Waals surface area (Å²) in [6, 6.07) is 17.2. The fourth-order valence-electron chi connectivity index (χ4n) is 1.95. The van der Waals surface area contributed by atoms with Gasteiger partial charge in [0.25, 0.3) is 0 Å². The van der Waals surface area contributed by atoms with E-state index in [0.717, 1.165) is 9.35 Å². The third-order valence-electron chi connectivity index (χ3n) is 2.89. The van der Waals surface area contributed by atoms with E-state index in [9.17, 15) is 4.79 Å². The van der Waals surface area contributed by atoms with Gasteiger partial charge < -0.3 is 10.1 Å². The van der Waals surface area contributed by atoms with Crippen LogP contribution in [0.2, 0.25) is 0 Å². The van der Waals surface area contributed by atoms with Crippen LogP contribution in [0.25, 0.3) is 10.1 Å². The van der Waals surface area contributed by atoms with E-state index < -0.39 is 6.09 Å². The molecular formula is C16H12BrNO2S. The van der Waals surface area contributed by atoms with Gasteiger partial charge in [-0.1, -0.05) is 34.1 Å². The molecule has 3 nitrogen and oxygen atoms in total. The van der Waals surface area contributed by atoms with E-state index in [-0.39, 0.29) is 0 Å². The molecule has 0 saturated heterocycles. The fourth-order valence-corrected chi connectivity index (χ4v) is 3.31. The van der Waals surface area contributed by atoms with Crippen molar-refractivity contribution in [2.75, 3.05) is 0 Å². The summed E-state index contributed by atoms with van der Waals surface area (Å²) in [6.45, 7) is 0.461. The lowest BCUT2D eigenvalue weighted by molar-refractivity contribution is 0.200. The number of fused-ring (bicyclic) bond motifs is 1. The van der Waals surface area contributed by atoms with Crippen molar-refractivity contribution in [3.05, 3.63) is 63.9 Å². The van der Waals surface area contributed by atoms with Gasteiger partial charge in [-0.15, -0.1) is 11.3 Å². The Kier molecular flexibility index (Phi) is 4.22. The van der Waals surface area contributed by atoms with E-state index in [2.05, 4.69) is 39.4 Å². The van der Waals surface area contributed by atoms with Crippen LogP contribution in [0, 0.1) is 0 Å². The number of ether oxygens (including phenoxy) is 1. The monoisotopic (exact) mass is 361 g/mol. The number of benzene rings is 2. The molecule has 1 amide bonds. The number of nitrogens with one attached hydrogen (secondary N) is 1. The molecule has 5 heteroatoms. The molecule has 0 unspecified atom stereocenters. The van der Waals surface area contributed by atoms with Gasteiger partial charge in [0.05, 0.1) is 6.54 Å². The number of rotatable bonds is 3. The van der Waals surface area contributed by atoms with Gasteiger partial charge in [-0.25, -0.2) is 4.79 Å². The molecule has 2 aromatic carbocycles. The standard InChI is InChI=1S/C16H12BrNO2S/c17-12-6-7-15-11(8-12)9-14(21-15)10-18-16(19)20-13-4-2-1-3-5-13/h1-9H,10H2,(H,18,19). The van der Waals surface area contributed by atoms with Crippen molar-refractivity contribution in [1.29, 1.82) is 0 Å². The van der Waals surface area contributed by atoms with Crippen molar-refractivity contribution < 1.29 is 9.53 Å². The number of carbonyl (C=O) groups excluding carboxylic acids is 1. The van der Waals surface area contributed by atoms with Gasteiger partial charge in [-0.2, -0.15) is 0 Å². The highest BCUT2D eigenvalue weighted by Crippen LogP contribution is 2.28. The van der Waals surface area contributed by atoms with Crippen molar-refractivity contribution in [1.82, 2.24) is 5.32 Å². The van der Waals surface area contributed by atoms with Gasteiger partial charge in [0.1, 0.15) is 5.75 Å². The number of thiophene rings is 1. The first-order valence-electron chi connectivity index (χ1n) is 6.39. The van der Waals surface area contributed by atoms with Gasteiger partial charge in [-0.3, -0.25) is 0 Å². The molecule has 0 aliphatic rings. The quantitative estimate of drug-likeness (QED) is 0.716. The maximum atomic E-state index is 11.7. The Morgan fingerprint density at radius 1 is 1.14 bits per heavy atom. The van der Waals surface area contributed by atoms with Crippen molar-refractivity contribution in [2.24, 2.45) is 0 Å². The minimum absolute atomic E-state index is 0.445. The lowest BCUT2D eigenvalue weighted by Crippen LogP contribution is -2.25. The number of hydrogen-bond acceptors (Lipinski definition) is 3. The minimum atomic E-state index is -0.445. The van der Waals surface area contributed by atoms with Gasteiger partial charge in [0.2, 0.25) is 0 Å². The SMILES string of the molecule is O=C(NCc1cc2cc(Br)ccc2s1)Oc1ccccc1. The van der Waals surface area contributed by atoms with Crippen LogP contribution in [0.5, 0.6) is 5.75 Å². The van der Waals surface area contributed by atoms with E-state index in [0.29, 0.717) is 12.3 Å². The summed E-state index contributed by atoms with van der Waals surface area (Å²) in [4.78, 5) is 12.8. The molecule has 1 heterocycles. The Labute approximate surface area is 134 Å². The number of hydrogen-bond donors (Lipinski definition) is 1. The van der Waals surface area contributed by atoms with Crippen LogP contribution >= 0.6 is 27.3 Å². The minimum Gasteiger partial charge on any atom is -0.410 e. The molecule has 0 bridgehead atoms. The molecule has 0 aliphatic heterocycles. The van der Waals surface area contributed by atoms with E-state index >= 15 is 0 Å². The molecule has 0 aliphatic carbocycles. The lowest BCUT2D eigenvalue weighted by Gasteiger charge is -2.04. The predicted molar refractivity (Wildman–Crippen MR) is 88.8 cm³/mol. The summed E-state index contributed by atoms with van der Waals surface area (Å²) >= 11 is 5.12. The molecule has 0 radical (unpaired) electrons. The van der Waals surface area contributed by atoms with Crippen LogP contribution in [0.4, 0.5) is 4.79 Å². The molecule has 21 heavy (non-hydrogen) atoms. The first-order chi connectivity index (χ1) is 10.2. The normalized spacial score (nSPS) is 10.5. The lowest BCUT2D eigenvalue weighted by atomic mass is 10.2. The largest absolute Gasteiger partial charge is 0.412 e. The Bertz CT molecular complexity index is 770. The van der Waals surface area contributed by atoms with Gasteiger partial charge >= 0.3 is 6.09 Å². The summed E-state index contributed by atoms with van der Waals surface area (Å²) in [5.41, 5.74) is 0. The molecule has 106 valence electrons. The molecule has 0 spiro atoms.